The van der Waals surface area contributed by atoms with Gasteiger partial charge in [-0.25, -0.2) is 0 Å². The molecule has 0 saturated heterocycles. The summed E-state index contributed by atoms with van der Waals surface area (Å²) >= 11 is 0. The van der Waals surface area contributed by atoms with E-state index >= 15 is 0 Å². The van der Waals surface area contributed by atoms with Crippen molar-refractivity contribution in [2.45, 2.75) is 12.3 Å². The average molecular weight is 327 g/mol. The average Bonchev–Trinajstić information content (AvgIpc) is 2.59. The van der Waals surface area contributed by atoms with Gasteiger partial charge in [-0.05, 0) is 41.8 Å². The number of nitrogens with zero attached hydrogens (tertiary/aromatic N) is 1. The Morgan fingerprint density at radius 1 is 1.08 bits per heavy atom. The quantitative estimate of drug-likeness (QED) is 0.915. The molecule has 126 valence electrons. The topological polar surface area (TPSA) is 59.0 Å². The monoisotopic (exact) mass is 327 g/mol. The standard InChI is InChI=1S/C19H21NO4/c1-20(2)15-6-4-14(5-7-15)16(19(21)22)11-13-3-8-17-18(12-13)24-10-9-23-17/h3-8,12,16H,9-11H2,1-2H3,(H,21,22). The van der Waals surface area contributed by atoms with E-state index in [-0.39, 0.29) is 0 Å². The van der Waals surface area contributed by atoms with Crippen molar-refractivity contribution in [3.8, 4) is 11.5 Å². The number of ether oxygens (including phenoxy) is 2. The maximum absolute atomic E-state index is 11.7. The van der Waals surface area contributed by atoms with Crippen LogP contribution in [0.4, 0.5) is 5.69 Å². The van der Waals surface area contributed by atoms with E-state index in [1.54, 1.807) is 0 Å². The molecule has 1 aliphatic rings. The van der Waals surface area contributed by atoms with Gasteiger partial charge in [-0.15, -0.1) is 0 Å². The molecule has 24 heavy (non-hydrogen) atoms. The minimum Gasteiger partial charge on any atom is -0.486 e. The molecule has 2 aromatic rings. The van der Waals surface area contributed by atoms with Crippen LogP contribution in [0.3, 0.4) is 0 Å². The lowest BCUT2D eigenvalue weighted by Crippen LogP contribution is -2.17. The first kappa shape index (κ1) is 16.2. The van der Waals surface area contributed by atoms with E-state index in [0.717, 1.165) is 16.8 Å². The van der Waals surface area contributed by atoms with E-state index in [1.165, 1.54) is 0 Å². The van der Waals surface area contributed by atoms with Crippen LogP contribution in [0.15, 0.2) is 42.5 Å². The summed E-state index contributed by atoms with van der Waals surface area (Å²) in [7, 11) is 3.91. The van der Waals surface area contributed by atoms with Crippen LogP contribution in [-0.4, -0.2) is 38.4 Å². The fraction of sp³-hybridized carbons (Fsp3) is 0.316. The molecule has 0 aromatic heterocycles. The van der Waals surface area contributed by atoms with Crippen LogP contribution in [0.1, 0.15) is 17.0 Å². The van der Waals surface area contributed by atoms with Gasteiger partial charge in [0.1, 0.15) is 13.2 Å². The highest BCUT2D eigenvalue weighted by atomic mass is 16.6. The molecule has 1 aliphatic heterocycles. The van der Waals surface area contributed by atoms with Crippen molar-refractivity contribution >= 4 is 11.7 Å². The van der Waals surface area contributed by atoms with Crippen LogP contribution >= 0.6 is 0 Å². The Morgan fingerprint density at radius 3 is 2.38 bits per heavy atom. The van der Waals surface area contributed by atoms with Crippen LogP contribution < -0.4 is 14.4 Å². The van der Waals surface area contributed by atoms with E-state index in [1.807, 2.05) is 61.5 Å². The summed E-state index contributed by atoms with van der Waals surface area (Å²) < 4.78 is 11.1. The third kappa shape index (κ3) is 3.45. The van der Waals surface area contributed by atoms with Gasteiger partial charge in [0, 0.05) is 19.8 Å². The molecule has 5 nitrogen and oxygen atoms in total. The van der Waals surface area contributed by atoms with Gasteiger partial charge in [0.2, 0.25) is 0 Å². The molecule has 0 radical (unpaired) electrons. The van der Waals surface area contributed by atoms with Crippen molar-refractivity contribution < 1.29 is 19.4 Å². The minimum atomic E-state index is -0.831. The zero-order valence-corrected chi connectivity index (χ0v) is 13.9. The lowest BCUT2D eigenvalue weighted by molar-refractivity contribution is -0.138. The van der Waals surface area contributed by atoms with Crippen LogP contribution in [-0.2, 0) is 11.2 Å². The highest BCUT2D eigenvalue weighted by molar-refractivity contribution is 5.77. The molecular weight excluding hydrogens is 306 g/mol. The third-order valence-corrected chi connectivity index (χ3v) is 4.16. The van der Waals surface area contributed by atoms with Crippen molar-refractivity contribution in [2.75, 3.05) is 32.2 Å². The predicted molar refractivity (Wildman–Crippen MR) is 92.3 cm³/mol. The number of benzene rings is 2. The highest BCUT2D eigenvalue weighted by Gasteiger charge is 2.22. The van der Waals surface area contributed by atoms with Crippen molar-refractivity contribution in [3.63, 3.8) is 0 Å². The van der Waals surface area contributed by atoms with Gasteiger partial charge in [0.15, 0.2) is 11.5 Å². The first-order chi connectivity index (χ1) is 11.5. The maximum Gasteiger partial charge on any atom is 0.311 e. The smallest absolute Gasteiger partial charge is 0.311 e. The predicted octanol–water partition coefficient (Wildman–Crippen LogP) is 2.93. The van der Waals surface area contributed by atoms with E-state index < -0.39 is 11.9 Å². The molecular formula is C19H21NO4. The number of carbonyl (C=O) groups is 1. The van der Waals surface area contributed by atoms with E-state index in [4.69, 9.17) is 9.47 Å². The number of hydrogen-bond acceptors (Lipinski definition) is 4. The number of hydrogen-bond donors (Lipinski definition) is 1. The molecule has 1 heterocycles. The number of rotatable bonds is 5. The SMILES string of the molecule is CN(C)c1ccc(C(Cc2ccc3c(c2)OCCO3)C(=O)O)cc1. The summed E-state index contributed by atoms with van der Waals surface area (Å²) in [6, 6.07) is 13.3. The number of carboxylic acid groups (broad SMARTS) is 1. The summed E-state index contributed by atoms with van der Waals surface area (Å²) in [6.45, 7) is 1.06. The van der Waals surface area contributed by atoms with Crippen molar-refractivity contribution in [1.29, 1.82) is 0 Å². The number of fused-ring (bicyclic) bond motifs is 1. The van der Waals surface area contributed by atoms with Crippen LogP contribution in [0, 0.1) is 0 Å². The second-order valence-electron chi connectivity index (χ2n) is 6.06. The van der Waals surface area contributed by atoms with Crippen LogP contribution in [0.5, 0.6) is 11.5 Å². The van der Waals surface area contributed by atoms with Gasteiger partial charge < -0.3 is 19.5 Å². The van der Waals surface area contributed by atoms with Gasteiger partial charge in [-0.3, -0.25) is 4.79 Å². The van der Waals surface area contributed by atoms with Gasteiger partial charge in [0.05, 0.1) is 5.92 Å². The molecule has 1 unspecified atom stereocenters. The fourth-order valence-electron chi connectivity index (χ4n) is 2.80. The largest absolute Gasteiger partial charge is 0.486 e. The summed E-state index contributed by atoms with van der Waals surface area (Å²) in [6.07, 6.45) is 0.410. The summed E-state index contributed by atoms with van der Waals surface area (Å²) in [4.78, 5) is 13.7. The molecule has 1 atom stereocenters. The summed E-state index contributed by atoms with van der Waals surface area (Å²) in [5.41, 5.74) is 2.76. The lowest BCUT2D eigenvalue weighted by Gasteiger charge is -2.20. The van der Waals surface area contributed by atoms with Crippen LogP contribution in [0.25, 0.3) is 0 Å². The highest BCUT2D eigenvalue weighted by Crippen LogP contribution is 2.33. The molecule has 2 aromatic carbocycles. The molecule has 3 rings (SSSR count). The normalized spacial score (nSPS) is 14.1. The Kier molecular flexibility index (Phi) is 4.60. The summed E-state index contributed by atoms with van der Waals surface area (Å²) in [5.74, 6) is -0.0238. The van der Waals surface area contributed by atoms with Crippen molar-refractivity contribution in [3.05, 3.63) is 53.6 Å². The maximum atomic E-state index is 11.7. The van der Waals surface area contributed by atoms with Gasteiger partial charge in [-0.2, -0.15) is 0 Å². The number of carboxylic acids is 1. The molecule has 0 saturated carbocycles. The van der Waals surface area contributed by atoms with E-state index in [0.29, 0.717) is 31.1 Å². The van der Waals surface area contributed by atoms with Gasteiger partial charge in [0.25, 0.3) is 0 Å². The van der Waals surface area contributed by atoms with E-state index in [2.05, 4.69) is 0 Å². The van der Waals surface area contributed by atoms with Gasteiger partial charge >= 0.3 is 5.97 Å². The van der Waals surface area contributed by atoms with Crippen LogP contribution in [0.2, 0.25) is 0 Å². The number of aliphatic carboxylic acids is 1. The zero-order valence-electron chi connectivity index (χ0n) is 13.9. The molecule has 0 aliphatic carbocycles. The molecule has 0 bridgehead atoms. The third-order valence-electron chi connectivity index (χ3n) is 4.16. The Balaban J connectivity index is 1.82. The zero-order chi connectivity index (χ0) is 17.1. The van der Waals surface area contributed by atoms with Crippen molar-refractivity contribution in [2.24, 2.45) is 0 Å². The Labute approximate surface area is 141 Å². The van der Waals surface area contributed by atoms with E-state index in [9.17, 15) is 9.90 Å². The number of anilines is 1. The van der Waals surface area contributed by atoms with Crippen molar-refractivity contribution in [1.82, 2.24) is 0 Å². The fourth-order valence-corrected chi connectivity index (χ4v) is 2.80. The second-order valence-corrected chi connectivity index (χ2v) is 6.06. The first-order valence-corrected chi connectivity index (χ1v) is 7.93. The Hall–Kier alpha value is -2.69. The molecule has 0 fully saturated rings. The molecule has 5 heteroatoms. The lowest BCUT2D eigenvalue weighted by atomic mass is 9.91. The molecule has 0 spiro atoms. The van der Waals surface area contributed by atoms with Gasteiger partial charge in [-0.1, -0.05) is 18.2 Å². The first-order valence-electron chi connectivity index (χ1n) is 7.93. The minimum absolute atomic E-state index is 0.410. The second kappa shape index (κ2) is 6.83. The summed E-state index contributed by atoms with van der Waals surface area (Å²) in [5, 5.41) is 9.64. The Morgan fingerprint density at radius 2 is 1.75 bits per heavy atom. The Bertz CT molecular complexity index is 725. The molecule has 0 amide bonds. The molecule has 1 N–H and O–H groups in total.